The highest BCUT2D eigenvalue weighted by Gasteiger charge is 2.03. The fourth-order valence-electron chi connectivity index (χ4n) is 1.26. The first kappa shape index (κ1) is 9.93. The second-order valence-electron chi connectivity index (χ2n) is 3.19. The van der Waals surface area contributed by atoms with E-state index in [2.05, 4.69) is 4.98 Å². The third-order valence-corrected chi connectivity index (χ3v) is 2.34. The quantitative estimate of drug-likeness (QED) is 0.741. The number of benzene rings is 1. The first-order chi connectivity index (χ1) is 7.16. The maximum atomic E-state index is 11.0. The lowest BCUT2D eigenvalue weighted by Crippen LogP contribution is -2.00. The van der Waals surface area contributed by atoms with Gasteiger partial charge in [0.05, 0.1) is 5.69 Å². The SMILES string of the molecule is CC(=O)n1cnc(-c2ccc(Cl)cc2)c1. The zero-order valence-corrected chi connectivity index (χ0v) is 8.90. The van der Waals surface area contributed by atoms with E-state index in [9.17, 15) is 4.79 Å². The Hall–Kier alpha value is -1.61. The van der Waals surface area contributed by atoms with Crippen molar-refractivity contribution in [2.24, 2.45) is 0 Å². The molecule has 0 saturated carbocycles. The second-order valence-corrected chi connectivity index (χ2v) is 3.63. The third-order valence-electron chi connectivity index (χ3n) is 2.09. The van der Waals surface area contributed by atoms with Gasteiger partial charge in [0.15, 0.2) is 0 Å². The van der Waals surface area contributed by atoms with E-state index in [1.807, 2.05) is 12.1 Å². The van der Waals surface area contributed by atoms with Crippen molar-refractivity contribution >= 4 is 17.5 Å². The summed E-state index contributed by atoms with van der Waals surface area (Å²) in [4.78, 5) is 15.2. The van der Waals surface area contributed by atoms with Gasteiger partial charge in [0, 0.05) is 23.7 Å². The summed E-state index contributed by atoms with van der Waals surface area (Å²) in [6.45, 7) is 1.49. The molecule has 1 aromatic heterocycles. The zero-order valence-electron chi connectivity index (χ0n) is 8.14. The van der Waals surface area contributed by atoms with Crippen LogP contribution in [0.4, 0.5) is 0 Å². The Morgan fingerprint density at radius 3 is 2.53 bits per heavy atom. The molecule has 0 bridgehead atoms. The summed E-state index contributed by atoms with van der Waals surface area (Å²) in [6, 6.07) is 7.33. The monoisotopic (exact) mass is 220 g/mol. The number of hydrogen-bond donors (Lipinski definition) is 0. The summed E-state index contributed by atoms with van der Waals surface area (Å²) < 4.78 is 1.45. The lowest BCUT2D eigenvalue weighted by molar-refractivity contribution is 0.0936. The molecule has 0 spiro atoms. The molecule has 4 heteroatoms. The molecule has 15 heavy (non-hydrogen) atoms. The first-order valence-corrected chi connectivity index (χ1v) is 4.85. The van der Waals surface area contributed by atoms with Gasteiger partial charge in [0.25, 0.3) is 0 Å². The highest BCUT2D eigenvalue weighted by atomic mass is 35.5. The Labute approximate surface area is 92.3 Å². The summed E-state index contributed by atoms with van der Waals surface area (Å²) in [7, 11) is 0. The number of hydrogen-bond acceptors (Lipinski definition) is 2. The standard InChI is InChI=1S/C11H9ClN2O/c1-8(15)14-6-11(13-7-14)9-2-4-10(12)5-3-9/h2-7H,1H3. The highest BCUT2D eigenvalue weighted by molar-refractivity contribution is 6.30. The molecule has 1 aromatic carbocycles. The molecule has 0 aliphatic carbocycles. The van der Waals surface area contributed by atoms with Gasteiger partial charge in [-0.2, -0.15) is 0 Å². The third kappa shape index (κ3) is 2.07. The minimum Gasteiger partial charge on any atom is -0.276 e. The van der Waals surface area contributed by atoms with E-state index in [1.165, 1.54) is 17.8 Å². The number of carbonyl (C=O) groups excluding carboxylic acids is 1. The largest absolute Gasteiger partial charge is 0.276 e. The van der Waals surface area contributed by atoms with Gasteiger partial charge in [-0.25, -0.2) is 4.98 Å². The molecule has 0 amide bonds. The van der Waals surface area contributed by atoms with Crippen LogP contribution in [-0.4, -0.2) is 15.5 Å². The molecular weight excluding hydrogens is 212 g/mol. The van der Waals surface area contributed by atoms with Crippen LogP contribution in [0.5, 0.6) is 0 Å². The molecule has 0 N–H and O–H groups in total. The van der Waals surface area contributed by atoms with E-state index in [1.54, 1.807) is 18.3 Å². The molecule has 1 heterocycles. The van der Waals surface area contributed by atoms with Crippen molar-refractivity contribution in [1.82, 2.24) is 9.55 Å². The first-order valence-electron chi connectivity index (χ1n) is 4.47. The van der Waals surface area contributed by atoms with Gasteiger partial charge in [-0.15, -0.1) is 0 Å². The van der Waals surface area contributed by atoms with Crippen LogP contribution in [0.15, 0.2) is 36.8 Å². The van der Waals surface area contributed by atoms with Crippen molar-refractivity contribution in [3.8, 4) is 11.3 Å². The van der Waals surface area contributed by atoms with Crippen molar-refractivity contribution in [2.75, 3.05) is 0 Å². The topological polar surface area (TPSA) is 34.9 Å². The van der Waals surface area contributed by atoms with Crippen molar-refractivity contribution in [1.29, 1.82) is 0 Å². The second kappa shape index (κ2) is 3.87. The van der Waals surface area contributed by atoms with Crippen LogP contribution in [-0.2, 0) is 0 Å². The Balaban J connectivity index is 2.37. The normalized spacial score (nSPS) is 10.3. The summed E-state index contributed by atoms with van der Waals surface area (Å²) in [5.41, 5.74) is 1.71. The lowest BCUT2D eigenvalue weighted by atomic mass is 10.2. The Kier molecular flexibility index (Phi) is 2.56. The van der Waals surface area contributed by atoms with Gasteiger partial charge in [0.2, 0.25) is 5.91 Å². The predicted molar refractivity (Wildman–Crippen MR) is 59.0 cm³/mol. The highest BCUT2D eigenvalue weighted by Crippen LogP contribution is 2.19. The molecule has 3 nitrogen and oxygen atoms in total. The number of aromatic nitrogens is 2. The number of imidazole rings is 1. The van der Waals surface area contributed by atoms with Gasteiger partial charge >= 0.3 is 0 Å². The van der Waals surface area contributed by atoms with Crippen LogP contribution in [0.2, 0.25) is 5.02 Å². The summed E-state index contributed by atoms with van der Waals surface area (Å²) in [5, 5.41) is 0.685. The van der Waals surface area contributed by atoms with Crippen molar-refractivity contribution in [2.45, 2.75) is 6.92 Å². The molecule has 2 rings (SSSR count). The van der Waals surface area contributed by atoms with E-state index in [-0.39, 0.29) is 5.91 Å². The van der Waals surface area contributed by atoms with Crippen LogP contribution in [0.3, 0.4) is 0 Å². The van der Waals surface area contributed by atoms with Gasteiger partial charge in [-0.1, -0.05) is 23.7 Å². The van der Waals surface area contributed by atoms with E-state index < -0.39 is 0 Å². The molecule has 2 aromatic rings. The van der Waals surface area contributed by atoms with E-state index in [0.29, 0.717) is 5.02 Å². The lowest BCUT2D eigenvalue weighted by Gasteiger charge is -1.95. The maximum absolute atomic E-state index is 11.0. The molecule has 0 fully saturated rings. The maximum Gasteiger partial charge on any atom is 0.228 e. The van der Waals surface area contributed by atoms with Crippen molar-refractivity contribution < 1.29 is 4.79 Å². The zero-order chi connectivity index (χ0) is 10.8. The van der Waals surface area contributed by atoms with Crippen LogP contribution in [0, 0.1) is 0 Å². The molecule has 0 atom stereocenters. The van der Waals surface area contributed by atoms with Crippen LogP contribution >= 0.6 is 11.6 Å². The molecular formula is C11H9ClN2O. The summed E-state index contributed by atoms with van der Waals surface area (Å²) in [5.74, 6) is -0.0530. The molecule has 0 aliphatic heterocycles. The number of halogens is 1. The summed E-state index contributed by atoms with van der Waals surface area (Å²) in [6.07, 6.45) is 3.21. The fraction of sp³-hybridized carbons (Fsp3) is 0.0909. The molecule has 0 radical (unpaired) electrons. The fourth-order valence-corrected chi connectivity index (χ4v) is 1.39. The van der Waals surface area contributed by atoms with Crippen LogP contribution < -0.4 is 0 Å². The van der Waals surface area contributed by atoms with E-state index >= 15 is 0 Å². The molecule has 0 unspecified atom stereocenters. The average molecular weight is 221 g/mol. The van der Waals surface area contributed by atoms with Gasteiger partial charge < -0.3 is 0 Å². The van der Waals surface area contributed by atoms with Crippen molar-refractivity contribution in [3.63, 3.8) is 0 Å². The van der Waals surface area contributed by atoms with Crippen molar-refractivity contribution in [3.05, 3.63) is 41.8 Å². The summed E-state index contributed by atoms with van der Waals surface area (Å²) >= 11 is 5.78. The molecule has 0 saturated heterocycles. The minimum absolute atomic E-state index is 0.0530. The Morgan fingerprint density at radius 2 is 2.00 bits per heavy atom. The van der Waals surface area contributed by atoms with Crippen LogP contribution in [0.1, 0.15) is 11.7 Å². The number of rotatable bonds is 1. The number of carbonyl (C=O) groups is 1. The minimum atomic E-state index is -0.0530. The average Bonchev–Trinajstić information content (AvgIpc) is 2.68. The molecule has 76 valence electrons. The van der Waals surface area contributed by atoms with Crippen LogP contribution in [0.25, 0.3) is 11.3 Å². The number of nitrogens with zero attached hydrogens (tertiary/aromatic N) is 2. The Morgan fingerprint density at radius 1 is 1.33 bits per heavy atom. The van der Waals surface area contributed by atoms with E-state index in [4.69, 9.17) is 11.6 Å². The van der Waals surface area contributed by atoms with Gasteiger partial charge in [-0.3, -0.25) is 9.36 Å². The Bertz CT molecular complexity index is 488. The predicted octanol–water partition coefficient (Wildman–Crippen LogP) is 2.86. The van der Waals surface area contributed by atoms with Gasteiger partial charge in [-0.05, 0) is 12.1 Å². The van der Waals surface area contributed by atoms with Gasteiger partial charge in [0.1, 0.15) is 6.33 Å². The molecule has 0 aliphatic rings. The smallest absolute Gasteiger partial charge is 0.228 e. The van der Waals surface area contributed by atoms with E-state index in [0.717, 1.165) is 11.3 Å².